The third-order valence-corrected chi connectivity index (χ3v) is 1.43. The van der Waals surface area contributed by atoms with E-state index in [1.165, 1.54) is 11.1 Å². The summed E-state index contributed by atoms with van der Waals surface area (Å²) in [7, 11) is 0. The second-order valence-corrected chi connectivity index (χ2v) is 2.08. The largest absolute Gasteiger partial charge is 0.274 e. The van der Waals surface area contributed by atoms with E-state index in [0.29, 0.717) is 0 Å². The molecule has 0 atom stereocenters. The van der Waals surface area contributed by atoms with Gasteiger partial charge in [0.05, 0.1) is 0 Å². The summed E-state index contributed by atoms with van der Waals surface area (Å²) in [6.45, 7) is 4.24. The highest BCUT2D eigenvalue weighted by Gasteiger charge is 1.83. The molecule has 0 saturated carbocycles. The van der Waals surface area contributed by atoms with Crippen LogP contribution >= 0.6 is 0 Å². The lowest BCUT2D eigenvalue weighted by atomic mass is 10.1. The molecule has 0 heterocycles. The summed E-state index contributed by atoms with van der Waals surface area (Å²) in [4.78, 5) is 0. The van der Waals surface area contributed by atoms with Crippen molar-refractivity contribution < 1.29 is 0 Å². The second-order valence-electron chi connectivity index (χ2n) is 2.08. The minimum Gasteiger partial charge on any atom is -0.274 e. The SMILES string of the molecule is Cc1ccccc1C.NN. The lowest BCUT2D eigenvalue weighted by Crippen LogP contribution is -2.02. The first-order valence-corrected chi connectivity index (χ1v) is 3.16. The molecule has 0 aliphatic carbocycles. The Morgan fingerprint density at radius 1 is 0.900 bits per heavy atom. The Balaban J connectivity index is 0.000000371. The van der Waals surface area contributed by atoms with E-state index in [9.17, 15) is 0 Å². The third kappa shape index (κ3) is 2.62. The number of aryl methyl sites for hydroxylation is 2. The summed E-state index contributed by atoms with van der Waals surface area (Å²) >= 11 is 0. The molecule has 0 bridgehead atoms. The van der Waals surface area contributed by atoms with Crippen molar-refractivity contribution in [3.05, 3.63) is 35.4 Å². The maximum Gasteiger partial charge on any atom is -0.0395 e. The summed E-state index contributed by atoms with van der Waals surface area (Å²) < 4.78 is 0. The fourth-order valence-electron chi connectivity index (χ4n) is 0.663. The van der Waals surface area contributed by atoms with Gasteiger partial charge in [-0.05, 0) is 25.0 Å². The molecule has 4 N–H and O–H groups in total. The Hall–Kier alpha value is -0.860. The van der Waals surface area contributed by atoms with E-state index in [-0.39, 0.29) is 0 Å². The lowest BCUT2D eigenvalue weighted by Gasteiger charge is -1.93. The van der Waals surface area contributed by atoms with Gasteiger partial charge in [-0.2, -0.15) is 0 Å². The number of hydrogen-bond donors (Lipinski definition) is 2. The Labute approximate surface area is 61.8 Å². The van der Waals surface area contributed by atoms with Crippen molar-refractivity contribution in [2.75, 3.05) is 0 Å². The third-order valence-electron chi connectivity index (χ3n) is 1.43. The van der Waals surface area contributed by atoms with Gasteiger partial charge in [0.2, 0.25) is 0 Å². The highest BCUT2D eigenvalue weighted by molar-refractivity contribution is 5.23. The summed E-state index contributed by atoms with van der Waals surface area (Å²) in [5, 5.41) is 0. The molecular weight excluding hydrogens is 124 g/mol. The van der Waals surface area contributed by atoms with Crippen molar-refractivity contribution in [1.82, 2.24) is 0 Å². The molecule has 56 valence electrons. The Morgan fingerprint density at radius 2 is 1.20 bits per heavy atom. The van der Waals surface area contributed by atoms with Crippen molar-refractivity contribution in [3.8, 4) is 0 Å². The van der Waals surface area contributed by atoms with Crippen LogP contribution in [-0.4, -0.2) is 0 Å². The van der Waals surface area contributed by atoms with Gasteiger partial charge in [0.15, 0.2) is 0 Å². The molecule has 0 aliphatic rings. The van der Waals surface area contributed by atoms with Crippen molar-refractivity contribution >= 4 is 0 Å². The molecule has 1 rings (SSSR count). The summed E-state index contributed by atoms with van der Waals surface area (Å²) in [6, 6.07) is 8.36. The summed E-state index contributed by atoms with van der Waals surface area (Å²) in [6.07, 6.45) is 0. The number of benzene rings is 1. The number of rotatable bonds is 0. The first-order chi connectivity index (χ1) is 4.80. The highest BCUT2D eigenvalue weighted by atomic mass is 15.0. The van der Waals surface area contributed by atoms with Crippen LogP contribution in [0.25, 0.3) is 0 Å². The van der Waals surface area contributed by atoms with E-state index in [2.05, 4.69) is 49.8 Å². The van der Waals surface area contributed by atoms with E-state index >= 15 is 0 Å². The highest BCUT2D eigenvalue weighted by Crippen LogP contribution is 2.02. The molecule has 0 unspecified atom stereocenters. The standard InChI is InChI=1S/C8H10.H4N2/c1-7-5-3-4-6-8(7)2;1-2/h3-6H,1-2H3;1-2H2. The van der Waals surface area contributed by atoms with Crippen LogP contribution < -0.4 is 11.7 Å². The van der Waals surface area contributed by atoms with Crippen LogP contribution in [0.15, 0.2) is 24.3 Å². The molecule has 0 spiro atoms. The van der Waals surface area contributed by atoms with Gasteiger partial charge in [-0.15, -0.1) is 0 Å². The van der Waals surface area contributed by atoms with E-state index in [1.807, 2.05) is 0 Å². The number of hydrazine groups is 1. The average Bonchev–Trinajstić information content (AvgIpc) is 2.00. The van der Waals surface area contributed by atoms with Crippen LogP contribution in [0.1, 0.15) is 11.1 Å². The van der Waals surface area contributed by atoms with Gasteiger partial charge in [-0.1, -0.05) is 24.3 Å². The zero-order valence-electron chi connectivity index (χ0n) is 6.46. The first kappa shape index (κ1) is 9.14. The normalized spacial score (nSPS) is 8.00. The van der Waals surface area contributed by atoms with Crippen LogP contribution in [0.3, 0.4) is 0 Å². The molecule has 0 aromatic heterocycles. The molecule has 0 fully saturated rings. The molecule has 0 aliphatic heterocycles. The molecule has 0 amide bonds. The first-order valence-electron chi connectivity index (χ1n) is 3.16. The molecule has 1 aromatic carbocycles. The van der Waals surface area contributed by atoms with Crippen molar-refractivity contribution in [1.29, 1.82) is 0 Å². The van der Waals surface area contributed by atoms with E-state index < -0.39 is 0 Å². The van der Waals surface area contributed by atoms with Crippen molar-refractivity contribution in [3.63, 3.8) is 0 Å². The van der Waals surface area contributed by atoms with Gasteiger partial charge in [0.1, 0.15) is 0 Å². The minimum absolute atomic E-state index is 1.37. The van der Waals surface area contributed by atoms with E-state index in [1.54, 1.807) is 0 Å². The van der Waals surface area contributed by atoms with Crippen molar-refractivity contribution in [2.24, 2.45) is 11.7 Å². The van der Waals surface area contributed by atoms with Gasteiger partial charge >= 0.3 is 0 Å². The predicted octanol–water partition coefficient (Wildman–Crippen LogP) is 1.12. The van der Waals surface area contributed by atoms with Crippen LogP contribution in [0.4, 0.5) is 0 Å². The average molecular weight is 138 g/mol. The van der Waals surface area contributed by atoms with Gasteiger partial charge in [0, 0.05) is 0 Å². The van der Waals surface area contributed by atoms with E-state index in [4.69, 9.17) is 0 Å². The monoisotopic (exact) mass is 138 g/mol. The fourth-order valence-corrected chi connectivity index (χ4v) is 0.663. The van der Waals surface area contributed by atoms with Gasteiger partial charge < -0.3 is 0 Å². The number of hydrogen-bond acceptors (Lipinski definition) is 2. The Morgan fingerprint density at radius 3 is 1.40 bits per heavy atom. The minimum atomic E-state index is 1.37. The summed E-state index contributed by atoms with van der Waals surface area (Å²) in [5.74, 6) is 8.00. The van der Waals surface area contributed by atoms with Crippen LogP contribution in [0.5, 0.6) is 0 Å². The van der Waals surface area contributed by atoms with Crippen LogP contribution in [-0.2, 0) is 0 Å². The Kier molecular flexibility index (Phi) is 4.54. The molecule has 2 nitrogen and oxygen atoms in total. The second kappa shape index (κ2) is 4.97. The van der Waals surface area contributed by atoms with Gasteiger partial charge in [-0.3, -0.25) is 11.7 Å². The maximum atomic E-state index is 4.00. The molecule has 1 aromatic rings. The lowest BCUT2D eigenvalue weighted by molar-refractivity contribution is 1.26. The van der Waals surface area contributed by atoms with Gasteiger partial charge in [0.25, 0.3) is 0 Å². The zero-order chi connectivity index (χ0) is 7.98. The van der Waals surface area contributed by atoms with Crippen LogP contribution in [0.2, 0.25) is 0 Å². The summed E-state index contributed by atoms with van der Waals surface area (Å²) in [5.41, 5.74) is 2.74. The quantitative estimate of drug-likeness (QED) is 0.417. The van der Waals surface area contributed by atoms with E-state index in [0.717, 1.165) is 0 Å². The molecule has 2 heteroatoms. The number of nitrogens with two attached hydrogens (primary N) is 2. The fraction of sp³-hybridized carbons (Fsp3) is 0.250. The van der Waals surface area contributed by atoms with Crippen LogP contribution in [0, 0.1) is 13.8 Å². The Bertz CT molecular complexity index is 163. The zero-order valence-corrected chi connectivity index (χ0v) is 6.46. The molecular formula is C8H14N2. The smallest absolute Gasteiger partial charge is 0.0395 e. The maximum absolute atomic E-state index is 4.00. The molecule has 10 heavy (non-hydrogen) atoms. The van der Waals surface area contributed by atoms with Crippen molar-refractivity contribution in [2.45, 2.75) is 13.8 Å². The van der Waals surface area contributed by atoms with Gasteiger partial charge in [-0.25, -0.2) is 0 Å². The molecule has 0 radical (unpaired) electrons. The predicted molar refractivity (Wildman–Crippen MR) is 44.3 cm³/mol. The topological polar surface area (TPSA) is 52.0 Å². The molecule has 0 saturated heterocycles.